The minimum Gasteiger partial charge on any atom is -0.428 e. The highest BCUT2D eigenvalue weighted by atomic mass is 19.4. The molecule has 0 unspecified atom stereocenters. The molecule has 1 fully saturated rings. The van der Waals surface area contributed by atoms with Crippen LogP contribution in [0.25, 0.3) is 0 Å². The molecule has 0 saturated carbocycles. The fraction of sp³-hybridized carbons (Fsp3) is 0.232. The van der Waals surface area contributed by atoms with Crippen LogP contribution >= 0.6 is 0 Å². The van der Waals surface area contributed by atoms with Gasteiger partial charge in [-0.3, -0.25) is 14.4 Å². The van der Waals surface area contributed by atoms with Crippen LogP contribution in [0.4, 0.5) is 133 Å². The zero-order chi connectivity index (χ0) is 101. The molecule has 1 aliphatic heterocycles. The number of nitrogens with one attached hydrogen (secondary N) is 4. The van der Waals surface area contributed by atoms with E-state index in [1.54, 1.807) is 60.7 Å². The molecule has 724 valence electrons. The molecule has 0 aromatic heterocycles. The molecular formula is C95H69F28N5O9. The average molecular weight is 1960 g/mol. The number of terminal acetylenes is 1. The van der Waals surface area contributed by atoms with Crippen molar-refractivity contribution in [2.24, 2.45) is 0 Å². The van der Waals surface area contributed by atoms with Crippen LogP contribution < -0.4 is 35.5 Å². The molecule has 42 heteroatoms. The largest absolute Gasteiger partial charge is 0.461 e. The Morgan fingerprint density at radius 1 is 0.409 bits per heavy atom. The second-order valence-electron chi connectivity index (χ2n) is 30.5. The Bertz CT molecular complexity index is 6190. The van der Waals surface area contributed by atoms with E-state index in [-0.39, 0.29) is 103 Å². The van der Waals surface area contributed by atoms with Crippen LogP contribution in [-0.2, 0) is 69.9 Å². The van der Waals surface area contributed by atoms with Gasteiger partial charge in [0.15, 0.2) is 11.6 Å². The van der Waals surface area contributed by atoms with E-state index in [0.29, 0.717) is 67.4 Å². The Kier molecular flexibility index (Phi) is 32.4. The van der Waals surface area contributed by atoms with Gasteiger partial charge in [0, 0.05) is 80.6 Å². The summed E-state index contributed by atoms with van der Waals surface area (Å²) in [6.07, 6.45) is -31.7. The van der Waals surface area contributed by atoms with E-state index in [0.717, 1.165) is 60.7 Å². The minimum absolute atomic E-state index is 0.0309. The quantitative estimate of drug-likeness (QED) is 0.0275. The number of alkyl halides is 21. The third-order valence-electron chi connectivity index (χ3n) is 20.8. The van der Waals surface area contributed by atoms with Gasteiger partial charge < -0.3 is 45.1 Å². The lowest BCUT2D eigenvalue weighted by Crippen LogP contribution is -2.54. The topological polar surface area (TPSA) is 174 Å². The van der Waals surface area contributed by atoms with Crippen molar-refractivity contribution in [1.82, 2.24) is 26.2 Å². The molecule has 0 aliphatic carbocycles. The summed E-state index contributed by atoms with van der Waals surface area (Å²) in [4.78, 5) is 65.9. The molecule has 11 aromatic rings. The van der Waals surface area contributed by atoms with Gasteiger partial charge in [-0.25, -0.2) is 49.1 Å². The zero-order valence-corrected chi connectivity index (χ0v) is 70.2. The number of benzene rings is 11. The van der Waals surface area contributed by atoms with Gasteiger partial charge in [-0.15, -0.1) is 6.42 Å². The summed E-state index contributed by atoms with van der Waals surface area (Å²) in [5.41, 5.74) is -14.9. The smallest absolute Gasteiger partial charge is 0.428 e. The lowest BCUT2D eigenvalue weighted by atomic mass is 9.76. The lowest BCUT2D eigenvalue weighted by Gasteiger charge is -2.37. The molecule has 1 heterocycles. The number of ether oxygens (including phenoxy) is 4. The number of morpholine rings is 1. The van der Waals surface area contributed by atoms with Gasteiger partial charge in [0.1, 0.15) is 46.4 Å². The fourth-order valence-corrected chi connectivity index (χ4v) is 14.0. The van der Waals surface area contributed by atoms with Gasteiger partial charge in [0.25, 0.3) is 17.7 Å². The molecule has 1 aliphatic rings. The summed E-state index contributed by atoms with van der Waals surface area (Å²) in [5.74, 6) is -21.5. The van der Waals surface area contributed by atoms with Crippen molar-refractivity contribution in [3.8, 4) is 29.6 Å². The maximum Gasteiger partial charge on any atom is 0.461 e. The summed E-state index contributed by atoms with van der Waals surface area (Å²) < 4.78 is 408. The van der Waals surface area contributed by atoms with Crippen LogP contribution in [0.3, 0.4) is 0 Å². The first-order valence-corrected chi connectivity index (χ1v) is 39.7. The molecule has 11 aromatic carbocycles. The number of halogens is 28. The molecule has 1 saturated heterocycles. The minimum atomic E-state index is -5.40. The first-order chi connectivity index (χ1) is 64.0. The van der Waals surface area contributed by atoms with Crippen molar-refractivity contribution >= 4 is 29.7 Å². The summed E-state index contributed by atoms with van der Waals surface area (Å²) in [6, 6.07) is 38.6. The number of carbonyl (C=O) groups excluding carboxylic acids is 5. The van der Waals surface area contributed by atoms with Gasteiger partial charge in [0.05, 0.1) is 53.1 Å². The van der Waals surface area contributed by atoms with E-state index in [1.165, 1.54) is 53.4 Å². The Balaban J connectivity index is 0.000000213. The highest BCUT2D eigenvalue weighted by Crippen LogP contribution is 2.46. The summed E-state index contributed by atoms with van der Waals surface area (Å²) in [6.45, 7) is 0.582. The van der Waals surface area contributed by atoms with Crippen molar-refractivity contribution in [3.63, 3.8) is 0 Å². The third-order valence-corrected chi connectivity index (χ3v) is 20.8. The van der Waals surface area contributed by atoms with Crippen molar-refractivity contribution in [2.45, 2.75) is 105 Å². The van der Waals surface area contributed by atoms with Crippen LogP contribution in [0, 0.1) is 53.1 Å². The number of Topliss-reactive ketones (excluding diaryl/α,β-unsaturated/α-hetero) is 1. The van der Waals surface area contributed by atoms with Crippen molar-refractivity contribution in [2.75, 3.05) is 32.8 Å². The fourth-order valence-electron chi connectivity index (χ4n) is 14.0. The maximum atomic E-state index is 15.2. The van der Waals surface area contributed by atoms with Crippen LogP contribution in [-0.4, -0.2) is 98.5 Å². The van der Waals surface area contributed by atoms with Gasteiger partial charge >= 0.3 is 61.6 Å². The first kappa shape index (κ1) is 105. The third kappa shape index (κ3) is 26.5. The van der Waals surface area contributed by atoms with Gasteiger partial charge in [-0.2, -0.15) is 83.4 Å². The zero-order valence-electron chi connectivity index (χ0n) is 70.2. The monoisotopic (exact) mass is 1960 g/mol. The molecule has 137 heavy (non-hydrogen) atoms. The van der Waals surface area contributed by atoms with Gasteiger partial charge in [-0.1, -0.05) is 115 Å². The number of amides is 5. The maximum absolute atomic E-state index is 15.2. The molecule has 14 nitrogen and oxygen atoms in total. The Labute approximate surface area is 758 Å². The second kappa shape index (κ2) is 42.3. The Morgan fingerprint density at radius 3 is 1.29 bits per heavy atom. The number of nitrogens with zero attached hydrogens (tertiary/aromatic N) is 1. The molecule has 4 N–H and O–H groups in total. The summed E-state index contributed by atoms with van der Waals surface area (Å²) >= 11 is 0. The molecule has 5 amide bonds. The highest BCUT2D eigenvalue weighted by molar-refractivity contribution is 5.96. The second-order valence-corrected chi connectivity index (χ2v) is 30.5. The lowest BCUT2D eigenvalue weighted by molar-refractivity contribution is -0.253. The van der Waals surface area contributed by atoms with Gasteiger partial charge in [-0.05, 0) is 171 Å². The van der Waals surface area contributed by atoms with Crippen molar-refractivity contribution < 1.29 is 166 Å². The van der Waals surface area contributed by atoms with E-state index in [2.05, 4.69) is 31.3 Å². The number of ketones is 1. The molecule has 0 spiro atoms. The molecule has 12 rings (SSSR count). The van der Waals surface area contributed by atoms with Crippen LogP contribution in [0.5, 0.6) is 17.2 Å². The standard InChI is InChI=1S/C35H29F7N2O4.C33H18F13NO2.C27H22F8N2O3/c1-33(38,39)24-9-5-8-23(16-24)31(45)43-34(21-22-6-3-2-4-7-22,26-17-27(35(40,41)42)19-28(36)18-26)25-10-11-29(37)30(20-25)48-32(46)44-12-14-47-15-13-44;1-2-17-3-5-18(6-4-17)16-30(20-8-10-27(36)25(14-20)32(42,43)44,21-12-22(34)15-23(13-21)49-33(45,46)29(37)38)47-28(48)19-7-9-26(35)24(11-19)31(39,40)41;1-16(38)26(32,33)15-36-24(39)37-25(14-17-5-3-2-4-6-17,18-7-9-20(28)10-8-18)19-11-21(29)13-22(12-19)40-27(34,35)23(30)31/h2-11,16-20H,12-15,21H2,1H3,(H,43,45);1,3-15,29H,16H2,(H,47,48);2-13,23H,14-15H2,1H3,(H2,36,37,39)/t34-;30-;25-/m101/s1. The normalized spacial score (nSPS) is 14.0. The number of rotatable bonds is 28. The average Bonchev–Trinajstić information content (AvgIpc) is 0.732. The Hall–Kier alpha value is -14.3. The number of hydrogen-bond donors (Lipinski definition) is 4. The van der Waals surface area contributed by atoms with Crippen LogP contribution in [0.1, 0.15) is 112 Å². The first-order valence-electron chi connectivity index (χ1n) is 39.7. The van der Waals surface area contributed by atoms with Crippen molar-refractivity contribution in [1.29, 1.82) is 0 Å². The molecule has 0 bridgehead atoms. The van der Waals surface area contributed by atoms with E-state index in [9.17, 15) is 134 Å². The van der Waals surface area contributed by atoms with E-state index >= 15 is 13.2 Å². The van der Waals surface area contributed by atoms with Crippen molar-refractivity contribution in [3.05, 3.63) is 372 Å². The number of carbonyl (C=O) groups is 5. The predicted octanol–water partition coefficient (Wildman–Crippen LogP) is 23.3. The van der Waals surface area contributed by atoms with E-state index in [1.807, 2.05) is 5.32 Å². The van der Waals surface area contributed by atoms with E-state index < -0.39 is 217 Å². The molecule has 0 radical (unpaired) electrons. The molecular weight excluding hydrogens is 1890 g/mol. The summed E-state index contributed by atoms with van der Waals surface area (Å²) in [5, 5.41) is 9.09. The number of hydrogen-bond acceptors (Lipinski definition) is 9. The molecule has 3 atom stereocenters. The Morgan fingerprint density at radius 2 is 0.832 bits per heavy atom. The number of urea groups is 1. The highest BCUT2D eigenvalue weighted by Gasteiger charge is 2.50. The van der Waals surface area contributed by atoms with Gasteiger partial charge in [0.2, 0.25) is 5.78 Å². The SMILES string of the molecule is C#Cc1ccc(C[C@@](NC(=O)c2ccc(F)c(C(F)(F)F)c2)(c2cc(F)cc(OC(F)(F)C(F)F)c2)c2ccc(F)c(C(F)(F)F)c2)cc1.CC(=O)C(F)(F)CNC(=O)N[C@](Cc1ccccc1)(c1ccc(F)cc1)c1cc(F)cc(OC(F)(F)C(F)F)c1.CC(F)(F)c1cccc(C(=O)N[C@@](Cc2ccccc2)(c2cc(F)cc(C(F)(F)F)c2)c2ccc(F)c(OC(=O)N3CCOCC3)c2)c1. The predicted molar refractivity (Wildman–Crippen MR) is 435 cm³/mol. The van der Waals surface area contributed by atoms with E-state index in [4.69, 9.17) is 15.9 Å². The summed E-state index contributed by atoms with van der Waals surface area (Å²) in [7, 11) is 0. The van der Waals surface area contributed by atoms with Crippen LogP contribution in [0.2, 0.25) is 0 Å². The van der Waals surface area contributed by atoms with Crippen LogP contribution in [0.15, 0.2) is 243 Å².